The average Bonchev–Trinajstić information content (AvgIpc) is 3.11. The van der Waals surface area contributed by atoms with Crippen LogP contribution in [0.25, 0.3) is 0 Å². The lowest BCUT2D eigenvalue weighted by Crippen LogP contribution is -2.53. The number of carbonyl (C=O) groups excluding carboxylic acids is 1. The van der Waals surface area contributed by atoms with Crippen LogP contribution in [0.1, 0.15) is 45.4 Å². The summed E-state index contributed by atoms with van der Waals surface area (Å²) >= 11 is 0. The molecule has 1 amide bonds. The number of hydrogen-bond acceptors (Lipinski definition) is 3. The van der Waals surface area contributed by atoms with Gasteiger partial charge in [0, 0.05) is 6.54 Å². The molecule has 0 atom stereocenters. The molecule has 102 valence electrons. The normalized spacial score (nSPS) is 33.8. The van der Waals surface area contributed by atoms with Crippen molar-refractivity contribution in [3.63, 3.8) is 0 Å². The van der Waals surface area contributed by atoms with Gasteiger partial charge in [0.05, 0.1) is 5.41 Å². The van der Waals surface area contributed by atoms with Crippen LogP contribution in [0.5, 0.6) is 0 Å². The van der Waals surface area contributed by atoms with Crippen molar-refractivity contribution in [3.8, 4) is 0 Å². The lowest BCUT2D eigenvalue weighted by atomic mass is 9.70. The van der Waals surface area contributed by atoms with Gasteiger partial charge in [-0.3, -0.25) is 4.79 Å². The molecule has 0 unspecified atom stereocenters. The number of hydrogen-bond donors (Lipinski definition) is 3. The summed E-state index contributed by atoms with van der Waals surface area (Å²) in [5.74, 6) is -0.448. The van der Waals surface area contributed by atoms with Crippen molar-refractivity contribution < 1.29 is 14.7 Å². The summed E-state index contributed by atoms with van der Waals surface area (Å²) in [7, 11) is 0. The number of amides is 1. The Morgan fingerprint density at radius 3 is 2.22 bits per heavy atom. The Morgan fingerprint density at radius 1 is 1.28 bits per heavy atom. The molecule has 0 radical (unpaired) electrons. The maximum atomic E-state index is 12.4. The number of aliphatic carboxylic acids is 1. The Hall–Kier alpha value is -1.10. The summed E-state index contributed by atoms with van der Waals surface area (Å²) in [6.07, 6.45) is 4.59. The molecule has 0 aliphatic heterocycles. The Kier molecular flexibility index (Phi) is 3.36. The van der Waals surface area contributed by atoms with Gasteiger partial charge in [0.1, 0.15) is 5.54 Å². The summed E-state index contributed by atoms with van der Waals surface area (Å²) in [6, 6.07) is 0. The molecule has 5 nitrogen and oxygen atoms in total. The van der Waals surface area contributed by atoms with E-state index in [9.17, 15) is 9.59 Å². The summed E-state index contributed by atoms with van der Waals surface area (Å²) < 4.78 is 0. The van der Waals surface area contributed by atoms with Gasteiger partial charge in [0.25, 0.3) is 0 Å². The van der Waals surface area contributed by atoms with Crippen molar-refractivity contribution in [2.24, 2.45) is 17.1 Å². The number of nitrogens with two attached hydrogens (primary N) is 1. The third-order valence-corrected chi connectivity index (χ3v) is 4.62. The minimum atomic E-state index is -0.998. The number of rotatable bonds is 4. The Morgan fingerprint density at radius 2 is 1.83 bits per heavy atom. The third-order valence-electron chi connectivity index (χ3n) is 4.62. The maximum absolute atomic E-state index is 12.4. The van der Waals surface area contributed by atoms with Gasteiger partial charge in [-0.15, -0.1) is 0 Å². The molecule has 2 saturated carbocycles. The molecular weight excluding hydrogens is 232 g/mol. The monoisotopic (exact) mass is 254 g/mol. The highest BCUT2D eigenvalue weighted by Gasteiger charge is 2.54. The zero-order valence-corrected chi connectivity index (χ0v) is 10.9. The molecular formula is C13H22N2O3. The van der Waals surface area contributed by atoms with Gasteiger partial charge < -0.3 is 16.2 Å². The first kappa shape index (κ1) is 13.3. The van der Waals surface area contributed by atoms with E-state index in [0.29, 0.717) is 25.3 Å². The van der Waals surface area contributed by atoms with Crippen LogP contribution >= 0.6 is 0 Å². The molecule has 0 aromatic carbocycles. The lowest BCUT2D eigenvalue weighted by Gasteiger charge is -2.37. The molecule has 4 N–H and O–H groups in total. The molecule has 2 fully saturated rings. The Bertz CT molecular complexity index is 355. The first-order valence-corrected chi connectivity index (χ1v) is 6.70. The van der Waals surface area contributed by atoms with E-state index in [4.69, 9.17) is 10.8 Å². The average molecular weight is 254 g/mol. The standard InChI is InChI=1S/C13H22N2O3/c1-9-2-4-12(8-14,5-3-9)10(16)15-13(6-7-13)11(17)18/h9H,2-8,14H2,1H3,(H,15,16)(H,17,18). The van der Waals surface area contributed by atoms with Gasteiger partial charge in [0.2, 0.25) is 5.91 Å². The van der Waals surface area contributed by atoms with Crippen molar-refractivity contribution in [1.82, 2.24) is 5.32 Å². The quantitative estimate of drug-likeness (QED) is 0.694. The van der Waals surface area contributed by atoms with Crippen LogP contribution in [0.15, 0.2) is 0 Å². The number of nitrogens with one attached hydrogen (secondary N) is 1. The fraction of sp³-hybridized carbons (Fsp3) is 0.846. The van der Waals surface area contributed by atoms with Crippen molar-refractivity contribution in [2.75, 3.05) is 6.54 Å². The predicted molar refractivity (Wildman–Crippen MR) is 66.9 cm³/mol. The van der Waals surface area contributed by atoms with Crippen LogP contribution in [0.3, 0.4) is 0 Å². The van der Waals surface area contributed by atoms with E-state index < -0.39 is 16.9 Å². The third kappa shape index (κ3) is 2.23. The van der Waals surface area contributed by atoms with E-state index in [1.165, 1.54) is 0 Å². The molecule has 0 bridgehead atoms. The number of carbonyl (C=O) groups is 2. The highest BCUT2D eigenvalue weighted by molar-refractivity contribution is 5.92. The number of carboxylic acids is 1. The molecule has 0 aromatic rings. The van der Waals surface area contributed by atoms with Crippen LogP contribution in [0, 0.1) is 11.3 Å². The fourth-order valence-electron chi connectivity index (χ4n) is 2.71. The van der Waals surface area contributed by atoms with E-state index in [2.05, 4.69) is 12.2 Å². The molecule has 0 spiro atoms. The minimum Gasteiger partial charge on any atom is -0.480 e. The Labute approximate surface area is 107 Å². The highest BCUT2D eigenvalue weighted by Crippen LogP contribution is 2.41. The topological polar surface area (TPSA) is 92.4 Å². The van der Waals surface area contributed by atoms with Gasteiger partial charge in [-0.25, -0.2) is 4.79 Å². The van der Waals surface area contributed by atoms with Crippen molar-refractivity contribution >= 4 is 11.9 Å². The van der Waals surface area contributed by atoms with Crippen molar-refractivity contribution in [2.45, 2.75) is 51.0 Å². The van der Waals surface area contributed by atoms with Crippen LogP contribution in [-0.4, -0.2) is 29.1 Å². The molecule has 0 saturated heterocycles. The molecule has 5 heteroatoms. The first-order valence-electron chi connectivity index (χ1n) is 6.70. The summed E-state index contributed by atoms with van der Waals surface area (Å²) in [4.78, 5) is 23.5. The smallest absolute Gasteiger partial charge is 0.329 e. The molecule has 0 aromatic heterocycles. The van der Waals surface area contributed by atoms with Crippen LogP contribution < -0.4 is 11.1 Å². The zero-order valence-electron chi connectivity index (χ0n) is 10.9. The van der Waals surface area contributed by atoms with E-state index in [1.807, 2.05) is 0 Å². The number of carboxylic acid groups (broad SMARTS) is 1. The maximum Gasteiger partial charge on any atom is 0.329 e. The molecule has 0 heterocycles. The second-order valence-electron chi connectivity index (χ2n) is 6.01. The van der Waals surface area contributed by atoms with E-state index >= 15 is 0 Å². The zero-order chi connectivity index (χ0) is 13.4. The summed E-state index contributed by atoms with van der Waals surface area (Å²) in [5, 5.41) is 11.8. The van der Waals surface area contributed by atoms with Gasteiger partial charge in [0.15, 0.2) is 0 Å². The summed E-state index contributed by atoms with van der Waals surface area (Å²) in [5.41, 5.74) is 4.25. The lowest BCUT2D eigenvalue weighted by molar-refractivity contribution is -0.145. The summed E-state index contributed by atoms with van der Waals surface area (Å²) in [6.45, 7) is 2.49. The van der Waals surface area contributed by atoms with Gasteiger partial charge in [-0.2, -0.15) is 0 Å². The molecule has 2 aliphatic carbocycles. The van der Waals surface area contributed by atoms with Gasteiger partial charge >= 0.3 is 5.97 Å². The minimum absolute atomic E-state index is 0.156. The molecule has 18 heavy (non-hydrogen) atoms. The highest BCUT2D eigenvalue weighted by atomic mass is 16.4. The van der Waals surface area contributed by atoms with Gasteiger partial charge in [-0.05, 0) is 44.4 Å². The van der Waals surface area contributed by atoms with Crippen LogP contribution in [-0.2, 0) is 9.59 Å². The van der Waals surface area contributed by atoms with E-state index in [0.717, 1.165) is 25.7 Å². The van der Waals surface area contributed by atoms with Gasteiger partial charge in [-0.1, -0.05) is 6.92 Å². The molecule has 2 rings (SSSR count). The SMILES string of the molecule is CC1CCC(CN)(C(=O)NC2(C(=O)O)CC2)CC1. The first-order chi connectivity index (χ1) is 8.44. The van der Waals surface area contributed by atoms with Crippen LogP contribution in [0.4, 0.5) is 0 Å². The van der Waals surface area contributed by atoms with E-state index in [-0.39, 0.29) is 5.91 Å². The van der Waals surface area contributed by atoms with Crippen molar-refractivity contribution in [1.29, 1.82) is 0 Å². The predicted octanol–water partition coefficient (Wildman–Crippen LogP) is 0.875. The van der Waals surface area contributed by atoms with Crippen molar-refractivity contribution in [3.05, 3.63) is 0 Å². The molecule has 2 aliphatic rings. The van der Waals surface area contributed by atoms with Crippen LogP contribution in [0.2, 0.25) is 0 Å². The Balaban J connectivity index is 2.04. The fourth-order valence-corrected chi connectivity index (χ4v) is 2.71. The second-order valence-corrected chi connectivity index (χ2v) is 6.01. The largest absolute Gasteiger partial charge is 0.480 e. The van der Waals surface area contributed by atoms with E-state index in [1.54, 1.807) is 0 Å². The second kappa shape index (κ2) is 4.53.